The molecule has 0 saturated carbocycles. The van der Waals surface area contributed by atoms with Crippen LogP contribution in [0, 0.1) is 10.8 Å². The van der Waals surface area contributed by atoms with E-state index < -0.39 is 0 Å². The highest BCUT2D eigenvalue weighted by molar-refractivity contribution is 5.00. The Morgan fingerprint density at radius 2 is 1.33 bits per heavy atom. The smallest absolute Gasteiger partial charge is 0.0118 e. The number of hydrogen-bond acceptors (Lipinski definition) is 0. The Hall–Kier alpha value is -0.260. The molecular formula is C15H30. The first-order valence-corrected chi connectivity index (χ1v) is 6.65. The van der Waals surface area contributed by atoms with Gasteiger partial charge in [-0.2, -0.15) is 0 Å². The quantitative estimate of drug-likeness (QED) is 0.481. The molecule has 90 valence electrons. The van der Waals surface area contributed by atoms with Crippen molar-refractivity contribution in [2.75, 3.05) is 0 Å². The summed E-state index contributed by atoms with van der Waals surface area (Å²) < 4.78 is 0. The molecule has 0 rings (SSSR count). The third-order valence-electron chi connectivity index (χ3n) is 4.41. The van der Waals surface area contributed by atoms with Crippen molar-refractivity contribution < 1.29 is 0 Å². The molecule has 0 radical (unpaired) electrons. The van der Waals surface area contributed by atoms with Crippen LogP contribution in [-0.4, -0.2) is 0 Å². The highest BCUT2D eigenvalue weighted by atomic mass is 14.4. The van der Waals surface area contributed by atoms with Crippen LogP contribution in [-0.2, 0) is 0 Å². The van der Waals surface area contributed by atoms with Gasteiger partial charge in [-0.15, -0.1) is 0 Å². The minimum atomic E-state index is 0.440. The predicted octanol–water partition coefficient (Wildman–Crippen LogP) is 5.59. The van der Waals surface area contributed by atoms with Gasteiger partial charge in [0, 0.05) is 0 Å². The summed E-state index contributed by atoms with van der Waals surface area (Å²) in [6.45, 7) is 13.9. The summed E-state index contributed by atoms with van der Waals surface area (Å²) in [6, 6.07) is 0. The molecule has 0 heteroatoms. The Labute approximate surface area is 97.2 Å². The highest BCUT2D eigenvalue weighted by Gasteiger charge is 2.32. The van der Waals surface area contributed by atoms with Crippen molar-refractivity contribution in [2.45, 2.75) is 73.6 Å². The zero-order valence-corrected chi connectivity index (χ0v) is 11.7. The van der Waals surface area contributed by atoms with Gasteiger partial charge in [-0.3, -0.25) is 0 Å². The number of allylic oxidation sites excluding steroid dienone is 2. The van der Waals surface area contributed by atoms with Crippen molar-refractivity contribution in [3.05, 3.63) is 12.2 Å². The van der Waals surface area contributed by atoms with Crippen molar-refractivity contribution in [3.8, 4) is 0 Å². The molecule has 0 aliphatic rings. The molecule has 0 spiro atoms. The van der Waals surface area contributed by atoms with Gasteiger partial charge < -0.3 is 0 Å². The lowest BCUT2D eigenvalue weighted by atomic mass is 9.67. The Bertz CT molecular complexity index is 180. The third kappa shape index (κ3) is 4.01. The molecule has 15 heavy (non-hydrogen) atoms. The van der Waals surface area contributed by atoms with Gasteiger partial charge in [-0.05, 0) is 37.0 Å². The van der Waals surface area contributed by atoms with Crippen LogP contribution >= 0.6 is 0 Å². The summed E-state index contributed by atoms with van der Waals surface area (Å²) in [7, 11) is 0. The van der Waals surface area contributed by atoms with E-state index in [1.54, 1.807) is 0 Å². The molecule has 0 saturated heterocycles. The fraction of sp³-hybridized carbons (Fsp3) is 0.867. The highest BCUT2D eigenvalue weighted by Crippen LogP contribution is 2.44. The zero-order valence-electron chi connectivity index (χ0n) is 11.7. The molecule has 0 bridgehead atoms. The summed E-state index contributed by atoms with van der Waals surface area (Å²) in [6.07, 6.45) is 11.1. The Morgan fingerprint density at radius 1 is 0.867 bits per heavy atom. The van der Waals surface area contributed by atoms with Crippen LogP contribution in [0.25, 0.3) is 0 Å². The predicted molar refractivity (Wildman–Crippen MR) is 71.1 cm³/mol. The van der Waals surface area contributed by atoms with Crippen LogP contribution in [0.1, 0.15) is 73.6 Å². The largest absolute Gasteiger partial charge is 0.0911 e. The number of hydrogen-bond donors (Lipinski definition) is 0. The van der Waals surface area contributed by atoms with Crippen molar-refractivity contribution in [2.24, 2.45) is 10.8 Å². The van der Waals surface area contributed by atoms with E-state index in [-0.39, 0.29) is 0 Å². The molecule has 0 aliphatic heterocycles. The summed E-state index contributed by atoms with van der Waals surface area (Å²) >= 11 is 0. The van der Waals surface area contributed by atoms with Crippen LogP contribution in [0.4, 0.5) is 0 Å². The van der Waals surface area contributed by atoms with Crippen molar-refractivity contribution in [1.29, 1.82) is 0 Å². The second-order valence-corrected chi connectivity index (χ2v) is 5.26. The fourth-order valence-corrected chi connectivity index (χ4v) is 2.50. The summed E-state index contributed by atoms with van der Waals surface area (Å²) in [5.41, 5.74) is 0.959. The van der Waals surface area contributed by atoms with Crippen molar-refractivity contribution in [1.82, 2.24) is 0 Å². The Balaban J connectivity index is 4.80. The SMILES string of the molecule is CC=CC(CC)(CC)CC(C)(CC)CC. The third-order valence-corrected chi connectivity index (χ3v) is 4.41. The molecule has 0 aliphatic carbocycles. The first-order chi connectivity index (χ1) is 7.01. The molecule has 0 atom stereocenters. The lowest BCUT2D eigenvalue weighted by Crippen LogP contribution is -2.27. The minimum absolute atomic E-state index is 0.440. The minimum Gasteiger partial charge on any atom is -0.0911 e. The van der Waals surface area contributed by atoms with Crippen LogP contribution in [0.3, 0.4) is 0 Å². The van der Waals surface area contributed by atoms with Crippen LogP contribution in [0.5, 0.6) is 0 Å². The van der Waals surface area contributed by atoms with E-state index in [0.29, 0.717) is 10.8 Å². The van der Waals surface area contributed by atoms with Crippen molar-refractivity contribution >= 4 is 0 Å². The maximum atomic E-state index is 2.44. The Kier molecular flexibility index (Phi) is 6.24. The van der Waals surface area contributed by atoms with Gasteiger partial charge in [-0.1, -0.05) is 59.6 Å². The second kappa shape index (κ2) is 6.35. The first kappa shape index (κ1) is 14.7. The monoisotopic (exact) mass is 210 g/mol. The lowest BCUT2D eigenvalue weighted by Gasteiger charge is -2.38. The van der Waals surface area contributed by atoms with E-state index >= 15 is 0 Å². The number of rotatable bonds is 7. The molecule has 0 unspecified atom stereocenters. The maximum Gasteiger partial charge on any atom is -0.0118 e. The summed E-state index contributed by atoms with van der Waals surface area (Å²) in [5, 5.41) is 0. The average Bonchev–Trinajstić information content (AvgIpc) is 2.28. The van der Waals surface area contributed by atoms with Crippen LogP contribution < -0.4 is 0 Å². The lowest BCUT2D eigenvalue weighted by molar-refractivity contribution is 0.162. The van der Waals surface area contributed by atoms with E-state index in [0.717, 1.165) is 0 Å². The fourth-order valence-electron chi connectivity index (χ4n) is 2.50. The van der Waals surface area contributed by atoms with E-state index in [2.05, 4.69) is 53.7 Å². The van der Waals surface area contributed by atoms with Gasteiger partial charge in [0.05, 0.1) is 0 Å². The summed E-state index contributed by atoms with van der Waals surface area (Å²) in [4.78, 5) is 0. The van der Waals surface area contributed by atoms with Crippen LogP contribution in [0.15, 0.2) is 12.2 Å². The average molecular weight is 210 g/mol. The van der Waals surface area contributed by atoms with Crippen LogP contribution in [0.2, 0.25) is 0 Å². The molecular weight excluding hydrogens is 180 g/mol. The normalized spacial score (nSPS) is 13.7. The molecule has 0 aromatic heterocycles. The van der Waals surface area contributed by atoms with Crippen molar-refractivity contribution in [3.63, 3.8) is 0 Å². The van der Waals surface area contributed by atoms with Gasteiger partial charge in [0.2, 0.25) is 0 Å². The van der Waals surface area contributed by atoms with E-state index in [4.69, 9.17) is 0 Å². The maximum absolute atomic E-state index is 2.44. The molecule has 0 heterocycles. The second-order valence-electron chi connectivity index (χ2n) is 5.26. The van der Waals surface area contributed by atoms with Gasteiger partial charge in [0.25, 0.3) is 0 Å². The van der Waals surface area contributed by atoms with E-state index in [1.807, 2.05) is 0 Å². The molecule has 0 N–H and O–H groups in total. The summed E-state index contributed by atoms with van der Waals surface area (Å²) in [5.74, 6) is 0. The van der Waals surface area contributed by atoms with Gasteiger partial charge >= 0.3 is 0 Å². The van der Waals surface area contributed by atoms with Gasteiger partial charge in [-0.25, -0.2) is 0 Å². The van der Waals surface area contributed by atoms with E-state index in [1.165, 1.54) is 32.1 Å². The topological polar surface area (TPSA) is 0 Å². The molecule has 0 amide bonds. The molecule has 0 nitrogen and oxygen atoms in total. The standard InChI is InChI=1S/C15H30/c1-7-12-15(10-4,11-5)13-14(6,8-2)9-3/h7,12H,8-11,13H2,1-6H3. The molecule has 0 fully saturated rings. The first-order valence-electron chi connectivity index (χ1n) is 6.65. The van der Waals surface area contributed by atoms with Gasteiger partial charge in [0.15, 0.2) is 0 Å². The molecule has 0 aromatic rings. The zero-order chi connectivity index (χ0) is 11.9. The van der Waals surface area contributed by atoms with E-state index in [9.17, 15) is 0 Å². The van der Waals surface area contributed by atoms with Gasteiger partial charge in [0.1, 0.15) is 0 Å². The Morgan fingerprint density at radius 3 is 1.60 bits per heavy atom. The molecule has 0 aromatic carbocycles.